The quantitative estimate of drug-likeness (QED) is 0.489. The molecule has 0 aliphatic heterocycles. The van der Waals surface area contributed by atoms with Crippen LogP contribution in [0.15, 0.2) is 36.4 Å². The molecule has 0 aromatic heterocycles. The first-order valence-electron chi connectivity index (χ1n) is 5.51. The van der Waals surface area contributed by atoms with E-state index in [4.69, 9.17) is 46.4 Å². The lowest BCUT2D eigenvalue weighted by Crippen LogP contribution is -1.97. The minimum absolute atomic E-state index is 0.0194. The van der Waals surface area contributed by atoms with Crippen molar-refractivity contribution in [2.45, 2.75) is 11.2 Å². The van der Waals surface area contributed by atoms with Crippen molar-refractivity contribution < 1.29 is 0 Å². The van der Waals surface area contributed by atoms with Gasteiger partial charge in [-0.15, -0.1) is 0 Å². The Morgan fingerprint density at radius 1 is 0.842 bits per heavy atom. The molecule has 0 bridgehead atoms. The molecule has 19 heavy (non-hydrogen) atoms. The molecule has 0 radical (unpaired) electrons. The largest absolute Gasteiger partial charge is 0.0839 e. The number of halogens is 5. The zero-order valence-corrected chi connectivity index (χ0v) is 14.2. The van der Waals surface area contributed by atoms with Crippen molar-refractivity contribution in [2.75, 3.05) is 0 Å². The van der Waals surface area contributed by atoms with Crippen LogP contribution in [0, 0.1) is 0 Å². The Kier molecular flexibility index (Phi) is 5.45. The second-order valence-electron chi connectivity index (χ2n) is 4.06. The maximum atomic E-state index is 6.19. The van der Waals surface area contributed by atoms with E-state index in [2.05, 4.69) is 15.9 Å². The van der Waals surface area contributed by atoms with Gasteiger partial charge in [-0.1, -0.05) is 74.5 Å². The Morgan fingerprint density at radius 2 is 1.47 bits per heavy atom. The van der Waals surface area contributed by atoms with Crippen LogP contribution in [0.2, 0.25) is 20.1 Å². The van der Waals surface area contributed by atoms with Gasteiger partial charge in [0.25, 0.3) is 0 Å². The molecule has 0 aliphatic carbocycles. The number of rotatable bonds is 3. The standard InChI is InChI=1S/C14H9BrCl4/c15-9(14-11(17)2-1-3-12(14)18)6-8-4-5-10(16)13(19)7-8/h1-5,7,9H,6H2. The molecule has 0 saturated heterocycles. The number of hydrogen-bond acceptors (Lipinski definition) is 0. The van der Waals surface area contributed by atoms with Crippen molar-refractivity contribution in [1.29, 1.82) is 0 Å². The Hall–Kier alpha value is 0.0800. The van der Waals surface area contributed by atoms with Gasteiger partial charge < -0.3 is 0 Å². The summed E-state index contributed by atoms with van der Waals surface area (Å²) in [6.07, 6.45) is 0.723. The van der Waals surface area contributed by atoms with Crippen LogP contribution in [0.1, 0.15) is 16.0 Å². The molecule has 0 saturated carbocycles. The first kappa shape index (κ1) is 15.5. The average Bonchev–Trinajstić information content (AvgIpc) is 2.33. The summed E-state index contributed by atoms with van der Waals surface area (Å²) >= 11 is 27.9. The number of hydrogen-bond donors (Lipinski definition) is 0. The Bertz CT molecular complexity index is 578. The molecule has 0 amide bonds. The van der Waals surface area contributed by atoms with Gasteiger partial charge in [0, 0.05) is 20.4 Å². The summed E-state index contributed by atoms with van der Waals surface area (Å²) in [5.74, 6) is 0. The first-order valence-corrected chi connectivity index (χ1v) is 7.93. The van der Waals surface area contributed by atoms with Crippen LogP contribution in [-0.2, 0) is 6.42 Å². The van der Waals surface area contributed by atoms with Gasteiger partial charge in [-0.2, -0.15) is 0 Å². The topological polar surface area (TPSA) is 0 Å². The van der Waals surface area contributed by atoms with Crippen LogP contribution in [0.3, 0.4) is 0 Å². The number of benzene rings is 2. The van der Waals surface area contributed by atoms with Crippen molar-refractivity contribution in [3.63, 3.8) is 0 Å². The normalized spacial score (nSPS) is 12.5. The molecule has 2 rings (SSSR count). The van der Waals surface area contributed by atoms with E-state index in [-0.39, 0.29) is 4.83 Å². The third kappa shape index (κ3) is 3.80. The Morgan fingerprint density at radius 3 is 2.05 bits per heavy atom. The fourth-order valence-electron chi connectivity index (χ4n) is 1.79. The van der Waals surface area contributed by atoms with Gasteiger partial charge in [0.2, 0.25) is 0 Å². The van der Waals surface area contributed by atoms with Gasteiger partial charge in [-0.3, -0.25) is 0 Å². The van der Waals surface area contributed by atoms with Crippen LogP contribution in [0.25, 0.3) is 0 Å². The summed E-state index contributed by atoms with van der Waals surface area (Å²) in [6, 6.07) is 11.0. The molecule has 1 atom stereocenters. The molecular weight excluding hydrogens is 390 g/mol. The molecule has 2 aromatic carbocycles. The molecule has 0 N–H and O–H groups in total. The minimum Gasteiger partial charge on any atom is -0.0839 e. The predicted molar refractivity (Wildman–Crippen MR) is 88.3 cm³/mol. The lowest BCUT2D eigenvalue weighted by atomic mass is 10.0. The Labute approximate surface area is 140 Å². The highest BCUT2D eigenvalue weighted by atomic mass is 79.9. The van der Waals surface area contributed by atoms with E-state index < -0.39 is 0 Å². The summed E-state index contributed by atoms with van der Waals surface area (Å²) in [6.45, 7) is 0. The predicted octanol–water partition coefficient (Wildman–Crippen LogP) is 6.98. The van der Waals surface area contributed by atoms with E-state index in [1.54, 1.807) is 6.07 Å². The van der Waals surface area contributed by atoms with Crippen LogP contribution in [0.4, 0.5) is 0 Å². The van der Waals surface area contributed by atoms with Gasteiger partial charge in [0.1, 0.15) is 0 Å². The van der Waals surface area contributed by atoms with Gasteiger partial charge >= 0.3 is 0 Å². The van der Waals surface area contributed by atoms with Gasteiger partial charge in [0.15, 0.2) is 0 Å². The maximum absolute atomic E-state index is 6.19. The van der Waals surface area contributed by atoms with E-state index >= 15 is 0 Å². The average molecular weight is 399 g/mol. The molecule has 0 aliphatic rings. The van der Waals surface area contributed by atoms with Crippen LogP contribution < -0.4 is 0 Å². The highest BCUT2D eigenvalue weighted by molar-refractivity contribution is 9.09. The maximum Gasteiger partial charge on any atom is 0.0595 e. The molecule has 100 valence electrons. The lowest BCUT2D eigenvalue weighted by molar-refractivity contribution is 0.949. The first-order chi connectivity index (χ1) is 8.99. The molecule has 0 fully saturated rings. The van der Waals surface area contributed by atoms with Crippen molar-refractivity contribution in [3.8, 4) is 0 Å². The monoisotopic (exact) mass is 396 g/mol. The van der Waals surface area contributed by atoms with Crippen LogP contribution in [-0.4, -0.2) is 0 Å². The highest BCUT2D eigenvalue weighted by Gasteiger charge is 2.16. The van der Waals surface area contributed by atoms with Gasteiger partial charge in [-0.05, 0) is 36.2 Å². The van der Waals surface area contributed by atoms with E-state index in [1.165, 1.54) is 0 Å². The number of alkyl halides is 1. The van der Waals surface area contributed by atoms with Crippen molar-refractivity contribution in [1.82, 2.24) is 0 Å². The zero-order valence-electron chi connectivity index (χ0n) is 9.64. The zero-order chi connectivity index (χ0) is 14.0. The molecule has 0 nitrogen and oxygen atoms in total. The second kappa shape index (κ2) is 6.69. The van der Waals surface area contributed by atoms with Crippen LogP contribution >= 0.6 is 62.3 Å². The SMILES string of the molecule is Clc1ccc(CC(Br)c2c(Cl)cccc2Cl)cc1Cl. The molecular formula is C14H9BrCl4. The lowest BCUT2D eigenvalue weighted by Gasteiger charge is -2.14. The van der Waals surface area contributed by atoms with Crippen molar-refractivity contribution >= 4 is 62.3 Å². The summed E-state index contributed by atoms with van der Waals surface area (Å²) in [5, 5.41) is 2.39. The summed E-state index contributed by atoms with van der Waals surface area (Å²) in [4.78, 5) is 0.0194. The summed E-state index contributed by atoms with van der Waals surface area (Å²) in [7, 11) is 0. The fraction of sp³-hybridized carbons (Fsp3) is 0.143. The minimum atomic E-state index is 0.0194. The van der Waals surface area contributed by atoms with Crippen LogP contribution in [0.5, 0.6) is 0 Å². The van der Waals surface area contributed by atoms with E-state index in [1.807, 2.05) is 30.3 Å². The summed E-state index contributed by atoms with van der Waals surface area (Å²) < 4.78 is 0. The molecule has 5 heteroatoms. The van der Waals surface area contributed by atoms with Gasteiger partial charge in [0.05, 0.1) is 10.0 Å². The van der Waals surface area contributed by atoms with Gasteiger partial charge in [-0.25, -0.2) is 0 Å². The van der Waals surface area contributed by atoms with E-state index in [9.17, 15) is 0 Å². The molecule has 0 heterocycles. The van der Waals surface area contributed by atoms with Crippen molar-refractivity contribution in [3.05, 3.63) is 67.6 Å². The molecule has 1 unspecified atom stereocenters. The Balaban J connectivity index is 2.25. The summed E-state index contributed by atoms with van der Waals surface area (Å²) in [5.41, 5.74) is 1.95. The smallest absolute Gasteiger partial charge is 0.0595 e. The van der Waals surface area contributed by atoms with Crippen molar-refractivity contribution in [2.24, 2.45) is 0 Å². The highest BCUT2D eigenvalue weighted by Crippen LogP contribution is 2.37. The van der Waals surface area contributed by atoms with E-state index in [0.29, 0.717) is 20.1 Å². The third-order valence-electron chi connectivity index (χ3n) is 2.71. The third-order valence-corrected chi connectivity index (χ3v) is 4.89. The second-order valence-corrected chi connectivity index (χ2v) is 6.79. The van der Waals surface area contributed by atoms with E-state index in [0.717, 1.165) is 17.5 Å². The molecule has 2 aromatic rings. The fourth-order valence-corrected chi connectivity index (χ4v) is 3.90. The molecule has 0 spiro atoms.